The highest BCUT2D eigenvalue weighted by molar-refractivity contribution is 5.84. The van der Waals surface area contributed by atoms with Crippen LogP contribution in [-0.2, 0) is 17.6 Å². The molecular weight excluding hydrogens is 426 g/mol. The minimum Gasteiger partial charge on any atom is -0.493 e. The van der Waals surface area contributed by atoms with Crippen LogP contribution in [0.3, 0.4) is 0 Å². The Kier molecular flexibility index (Phi) is 7.53. The summed E-state index contributed by atoms with van der Waals surface area (Å²) < 4.78 is 39.6. The second-order valence-electron chi connectivity index (χ2n) is 8.20. The standard InChI is InChI=1S/C26H30F2N2O3/c1-6-15(2)25(26(29)31)30-12-11-18-13-21(32-4)22(33-5)14-19(18)20(30)10-9-17-8-7-16(3)23(27)24(17)28/h6-8,13-14,20,25H,1-2,9-12H2,3-5H3,(H2,29,31)/t20-,25+/m0/s1. The van der Waals surface area contributed by atoms with Crippen molar-refractivity contribution in [3.05, 3.63) is 83.0 Å². The fourth-order valence-electron chi connectivity index (χ4n) is 4.52. The maximum Gasteiger partial charge on any atom is 0.239 e. The largest absolute Gasteiger partial charge is 0.493 e. The van der Waals surface area contributed by atoms with Crippen LogP contribution in [0.2, 0.25) is 0 Å². The van der Waals surface area contributed by atoms with Gasteiger partial charge in [-0.05, 0) is 66.1 Å². The smallest absolute Gasteiger partial charge is 0.239 e. The van der Waals surface area contributed by atoms with Gasteiger partial charge in [-0.15, -0.1) is 0 Å². The number of rotatable bonds is 9. The van der Waals surface area contributed by atoms with Gasteiger partial charge in [0.1, 0.15) is 6.04 Å². The average molecular weight is 457 g/mol. The number of hydrogen-bond acceptors (Lipinski definition) is 4. The Morgan fingerprint density at radius 2 is 1.91 bits per heavy atom. The Morgan fingerprint density at radius 1 is 1.24 bits per heavy atom. The molecule has 0 unspecified atom stereocenters. The van der Waals surface area contributed by atoms with Gasteiger partial charge in [0.25, 0.3) is 0 Å². The molecule has 0 saturated heterocycles. The summed E-state index contributed by atoms with van der Waals surface area (Å²) in [5.41, 5.74) is 8.75. The third-order valence-electron chi connectivity index (χ3n) is 6.30. The first-order valence-electron chi connectivity index (χ1n) is 10.8. The topological polar surface area (TPSA) is 64.8 Å². The van der Waals surface area contributed by atoms with E-state index in [0.29, 0.717) is 36.5 Å². The molecule has 33 heavy (non-hydrogen) atoms. The van der Waals surface area contributed by atoms with E-state index in [1.54, 1.807) is 26.4 Å². The second-order valence-corrected chi connectivity index (χ2v) is 8.20. The maximum absolute atomic E-state index is 14.6. The number of carbonyl (C=O) groups is 1. The number of methoxy groups -OCH3 is 2. The third-order valence-corrected chi connectivity index (χ3v) is 6.30. The van der Waals surface area contributed by atoms with Gasteiger partial charge in [-0.1, -0.05) is 31.4 Å². The number of amides is 1. The summed E-state index contributed by atoms with van der Waals surface area (Å²) >= 11 is 0. The highest BCUT2D eigenvalue weighted by Gasteiger charge is 2.36. The van der Waals surface area contributed by atoms with E-state index < -0.39 is 23.6 Å². The molecule has 1 amide bonds. The normalized spacial score (nSPS) is 16.6. The predicted octanol–water partition coefficient (Wildman–Crippen LogP) is 4.42. The molecular formula is C26H30F2N2O3. The Balaban J connectivity index is 2.06. The number of fused-ring (bicyclic) bond motifs is 1. The lowest BCUT2D eigenvalue weighted by Crippen LogP contribution is -2.50. The molecule has 2 atom stereocenters. The van der Waals surface area contributed by atoms with Gasteiger partial charge in [0, 0.05) is 12.6 Å². The number of hydrogen-bond donors (Lipinski definition) is 1. The lowest BCUT2D eigenvalue weighted by molar-refractivity contribution is -0.123. The minimum absolute atomic E-state index is 0.258. The molecule has 0 spiro atoms. The lowest BCUT2D eigenvalue weighted by Gasteiger charge is -2.42. The van der Waals surface area contributed by atoms with Gasteiger partial charge in [-0.3, -0.25) is 9.69 Å². The Hall–Kier alpha value is -3.19. The van der Waals surface area contributed by atoms with Crippen molar-refractivity contribution >= 4 is 5.91 Å². The van der Waals surface area contributed by atoms with E-state index in [1.807, 2.05) is 17.0 Å². The van der Waals surface area contributed by atoms with E-state index >= 15 is 0 Å². The van der Waals surface area contributed by atoms with E-state index in [0.717, 1.165) is 11.1 Å². The SMILES string of the molecule is C=CC(=C)[C@H](C(N)=O)N1CCc2cc(OC)c(OC)cc2[C@@H]1CCc1ccc(C)c(F)c1F. The van der Waals surface area contributed by atoms with Crippen molar-refractivity contribution in [1.82, 2.24) is 4.90 Å². The summed E-state index contributed by atoms with van der Waals surface area (Å²) in [5, 5.41) is 0. The summed E-state index contributed by atoms with van der Waals surface area (Å²) in [7, 11) is 3.12. The zero-order valence-electron chi connectivity index (χ0n) is 19.3. The van der Waals surface area contributed by atoms with Crippen molar-refractivity contribution in [2.45, 2.75) is 38.3 Å². The minimum atomic E-state index is -0.841. The lowest BCUT2D eigenvalue weighted by atomic mass is 9.86. The molecule has 3 rings (SSSR count). The zero-order valence-corrected chi connectivity index (χ0v) is 19.3. The van der Waals surface area contributed by atoms with Crippen LogP contribution in [-0.4, -0.2) is 37.6 Å². The first kappa shape index (κ1) is 24.5. The van der Waals surface area contributed by atoms with E-state index in [4.69, 9.17) is 15.2 Å². The first-order chi connectivity index (χ1) is 15.7. The average Bonchev–Trinajstić information content (AvgIpc) is 2.81. The van der Waals surface area contributed by atoms with Gasteiger partial charge in [-0.2, -0.15) is 0 Å². The summed E-state index contributed by atoms with van der Waals surface area (Å²) in [6.45, 7) is 9.75. The molecule has 0 aromatic heterocycles. The number of aryl methyl sites for hydroxylation is 2. The highest BCUT2D eigenvalue weighted by atomic mass is 19.2. The van der Waals surface area contributed by atoms with Crippen LogP contribution in [0.1, 0.15) is 34.7 Å². The molecule has 2 aromatic rings. The predicted molar refractivity (Wildman–Crippen MR) is 124 cm³/mol. The quantitative estimate of drug-likeness (QED) is 0.568. The van der Waals surface area contributed by atoms with Crippen LogP contribution >= 0.6 is 0 Å². The van der Waals surface area contributed by atoms with Gasteiger partial charge < -0.3 is 15.2 Å². The monoisotopic (exact) mass is 456 g/mol. The summed E-state index contributed by atoms with van der Waals surface area (Å²) in [4.78, 5) is 14.4. The van der Waals surface area contributed by atoms with Crippen molar-refractivity contribution in [1.29, 1.82) is 0 Å². The number of nitrogens with two attached hydrogens (primary N) is 1. The van der Waals surface area contributed by atoms with Crippen LogP contribution in [0, 0.1) is 18.6 Å². The van der Waals surface area contributed by atoms with Crippen molar-refractivity contribution < 1.29 is 23.0 Å². The maximum atomic E-state index is 14.6. The zero-order chi connectivity index (χ0) is 24.3. The van der Waals surface area contributed by atoms with Gasteiger partial charge in [0.2, 0.25) is 5.91 Å². The molecule has 1 aliphatic heterocycles. The number of nitrogens with zero attached hydrogens (tertiary/aromatic N) is 1. The Morgan fingerprint density at radius 3 is 2.52 bits per heavy atom. The van der Waals surface area contributed by atoms with Crippen molar-refractivity contribution in [2.24, 2.45) is 5.73 Å². The van der Waals surface area contributed by atoms with Crippen LogP contribution < -0.4 is 15.2 Å². The van der Waals surface area contributed by atoms with Gasteiger partial charge in [0.05, 0.1) is 14.2 Å². The molecule has 1 heterocycles. The van der Waals surface area contributed by atoms with Crippen LogP contribution in [0.5, 0.6) is 11.5 Å². The molecule has 7 heteroatoms. The molecule has 0 fully saturated rings. The van der Waals surface area contributed by atoms with E-state index in [-0.39, 0.29) is 23.6 Å². The van der Waals surface area contributed by atoms with Gasteiger partial charge in [0.15, 0.2) is 23.1 Å². The molecule has 0 radical (unpaired) electrons. The molecule has 2 aromatic carbocycles. The Labute approximate surface area is 193 Å². The number of carbonyl (C=O) groups excluding carboxylic acids is 1. The number of halogens is 2. The van der Waals surface area contributed by atoms with Crippen LogP contribution in [0.15, 0.2) is 49.1 Å². The Bertz CT molecular complexity index is 1080. The van der Waals surface area contributed by atoms with Crippen molar-refractivity contribution in [3.63, 3.8) is 0 Å². The molecule has 0 saturated carbocycles. The van der Waals surface area contributed by atoms with E-state index in [9.17, 15) is 13.6 Å². The third kappa shape index (κ3) is 4.78. The number of ether oxygens (including phenoxy) is 2. The molecule has 176 valence electrons. The fraction of sp³-hybridized carbons (Fsp3) is 0.346. The summed E-state index contributed by atoms with van der Waals surface area (Å²) in [5.74, 6) is -1.06. The van der Waals surface area contributed by atoms with Gasteiger partial charge >= 0.3 is 0 Å². The second kappa shape index (κ2) is 10.2. The molecule has 0 bridgehead atoms. The molecule has 5 nitrogen and oxygen atoms in total. The highest BCUT2D eigenvalue weighted by Crippen LogP contribution is 2.41. The molecule has 0 aliphatic carbocycles. The summed E-state index contributed by atoms with van der Waals surface area (Å²) in [6, 6.07) is 5.89. The van der Waals surface area contributed by atoms with Crippen LogP contribution in [0.25, 0.3) is 0 Å². The van der Waals surface area contributed by atoms with Crippen molar-refractivity contribution in [3.8, 4) is 11.5 Å². The van der Waals surface area contributed by atoms with Crippen molar-refractivity contribution in [2.75, 3.05) is 20.8 Å². The van der Waals surface area contributed by atoms with Crippen LogP contribution in [0.4, 0.5) is 8.78 Å². The number of primary amides is 1. The first-order valence-corrected chi connectivity index (χ1v) is 10.8. The van der Waals surface area contributed by atoms with E-state index in [1.165, 1.54) is 13.0 Å². The summed E-state index contributed by atoms with van der Waals surface area (Å²) in [6.07, 6.45) is 2.86. The van der Waals surface area contributed by atoms with Gasteiger partial charge in [-0.25, -0.2) is 8.78 Å². The molecule has 1 aliphatic rings. The molecule has 2 N–H and O–H groups in total. The number of benzene rings is 2. The fourth-order valence-corrected chi connectivity index (χ4v) is 4.52. The van der Waals surface area contributed by atoms with E-state index in [2.05, 4.69) is 13.2 Å².